The molecule has 0 aliphatic heterocycles. The molecule has 3 nitrogen and oxygen atoms in total. The molecular formula is C16H27NO2. The molecular weight excluding hydrogens is 238 g/mol. The second kappa shape index (κ2) is 6.10. The molecule has 2 unspecified atom stereocenters. The van der Waals surface area contributed by atoms with Gasteiger partial charge in [-0.3, -0.25) is 0 Å². The quantitative estimate of drug-likeness (QED) is 0.881. The molecule has 0 aromatic carbocycles. The predicted molar refractivity (Wildman–Crippen MR) is 76.8 cm³/mol. The summed E-state index contributed by atoms with van der Waals surface area (Å²) in [5.74, 6) is 1.75. The zero-order valence-electron chi connectivity index (χ0n) is 12.7. The molecule has 1 aliphatic carbocycles. The summed E-state index contributed by atoms with van der Waals surface area (Å²) in [4.78, 5) is 0. The average molecular weight is 265 g/mol. The summed E-state index contributed by atoms with van der Waals surface area (Å²) >= 11 is 0. The Morgan fingerprint density at radius 2 is 2.21 bits per heavy atom. The Morgan fingerprint density at radius 1 is 1.42 bits per heavy atom. The second-order valence-corrected chi connectivity index (χ2v) is 6.75. The van der Waals surface area contributed by atoms with E-state index in [1.165, 1.54) is 18.4 Å². The van der Waals surface area contributed by atoms with E-state index in [1.807, 2.05) is 13.1 Å². The van der Waals surface area contributed by atoms with Crippen molar-refractivity contribution in [1.82, 2.24) is 5.32 Å². The molecule has 1 aliphatic rings. The van der Waals surface area contributed by atoms with Crippen LogP contribution in [0.15, 0.2) is 16.7 Å². The highest BCUT2D eigenvalue weighted by Gasteiger charge is 2.32. The summed E-state index contributed by atoms with van der Waals surface area (Å²) < 4.78 is 11.6. The van der Waals surface area contributed by atoms with Gasteiger partial charge in [0.25, 0.3) is 0 Å². The SMILES string of the molecule is CNCc1occc1COC1CC(C)CC(C)(C)C1. The maximum Gasteiger partial charge on any atom is 0.123 e. The minimum Gasteiger partial charge on any atom is -0.468 e. The largest absolute Gasteiger partial charge is 0.468 e. The lowest BCUT2D eigenvalue weighted by Gasteiger charge is -2.38. The third-order valence-corrected chi connectivity index (χ3v) is 4.00. The first kappa shape index (κ1) is 14.6. The van der Waals surface area contributed by atoms with E-state index in [2.05, 4.69) is 26.1 Å². The molecule has 1 N–H and O–H groups in total. The molecule has 1 saturated carbocycles. The Morgan fingerprint density at radius 3 is 2.89 bits per heavy atom. The van der Waals surface area contributed by atoms with Crippen molar-refractivity contribution in [2.75, 3.05) is 7.05 Å². The van der Waals surface area contributed by atoms with Gasteiger partial charge in [-0.15, -0.1) is 0 Å². The molecule has 0 spiro atoms. The van der Waals surface area contributed by atoms with Crippen molar-refractivity contribution in [2.45, 2.75) is 59.3 Å². The first-order valence-corrected chi connectivity index (χ1v) is 7.31. The van der Waals surface area contributed by atoms with Gasteiger partial charge in [0, 0.05) is 5.56 Å². The second-order valence-electron chi connectivity index (χ2n) is 6.75. The van der Waals surface area contributed by atoms with Gasteiger partial charge in [-0.05, 0) is 43.7 Å². The van der Waals surface area contributed by atoms with Gasteiger partial charge in [0.2, 0.25) is 0 Å². The molecule has 1 aromatic rings. The van der Waals surface area contributed by atoms with Crippen LogP contribution in [0.1, 0.15) is 51.4 Å². The Labute approximate surface area is 116 Å². The van der Waals surface area contributed by atoms with Crippen LogP contribution >= 0.6 is 0 Å². The zero-order valence-corrected chi connectivity index (χ0v) is 12.7. The van der Waals surface area contributed by atoms with Gasteiger partial charge in [0.1, 0.15) is 5.76 Å². The summed E-state index contributed by atoms with van der Waals surface area (Å²) in [6, 6.07) is 2.02. The molecule has 108 valence electrons. The minimum atomic E-state index is 0.385. The number of hydrogen-bond donors (Lipinski definition) is 1. The molecule has 0 saturated heterocycles. The molecule has 1 fully saturated rings. The van der Waals surface area contributed by atoms with E-state index in [0.29, 0.717) is 18.1 Å². The van der Waals surface area contributed by atoms with E-state index < -0.39 is 0 Å². The number of nitrogens with one attached hydrogen (secondary N) is 1. The van der Waals surface area contributed by atoms with Crippen molar-refractivity contribution in [2.24, 2.45) is 11.3 Å². The van der Waals surface area contributed by atoms with Crippen LogP contribution in [0.3, 0.4) is 0 Å². The highest BCUT2D eigenvalue weighted by molar-refractivity contribution is 5.15. The number of hydrogen-bond acceptors (Lipinski definition) is 3. The van der Waals surface area contributed by atoms with Crippen LogP contribution in [0.2, 0.25) is 0 Å². The molecule has 1 aromatic heterocycles. The highest BCUT2D eigenvalue weighted by Crippen LogP contribution is 2.39. The molecule has 2 rings (SSSR count). The zero-order chi connectivity index (χ0) is 13.9. The first-order valence-electron chi connectivity index (χ1n) is 7.31. The van der Waals surface area contributed by atoms with E-state index in [-0.39, 0.29) is 0 Å². The average Bonchev–Trinajstić information content (AvgIpc) is 2.72. The highest BCUT2D eigenvalue weighted by atomic mass is 16.5. The Bertz CT molecular complexity index is 397. The van der Waals surface area contributed by atoms with Crippen LogP contribution in [0, 0.1) is 11.3 Å². The van der Waals surface area contributed by atoms with Gasteiger partial charge in [-0.25, -0.2) is 0 Å². The molecule has 2 atom stereocenters. The van der Waals surface area contributed by atoms with Crippen molar-refractivity contribution < 1.29 is 9.15 Å². The van der Waals surface area contributed by atoms with Gasteiger partial charge in [0.05, 0.1) is 25.5 Å². The molecule has 0 amide bonds. The molecule has 3 heteroatoms. The number of rotatable bonds is 5. The smallest absolute Gasteiger partial charge is 0.123 e. The lowest BCUT2D eigenvalue weighted by atomic mass is 9.71. The van der Waals surface area contributed by atoms with Crippen LogP contribution in [-0.4, -0.2) is 13.2 Å². The fourth-order valence-electron chi connectivity index (χ4n) is 3.40. The fraction of sp³-hybridized carbons (Fsp3) is 0.750. The number of ether oxygens (including phenoxy) is 1. The third-order valence-electron chi connectivity index (χ3n) is 4.00. The predicted octanol–water partition coefficient (Wildman–Crippen LogP) is 3.73. The Kier molecular flexibility index (Phi) is 4.69. The summed E-state index contributed by atoms with van der Waals surface area (Å²) in [6.07, 6.45) is 5.79. The standard InChI is InChI=1S/C16H27NO2/c1-12-7-14(9-16(2,3)8-12)19-11-13-5-6-18-15(13)10-17-4/h5-6,12,14,17H,7-11H2,1-4H3. The third kappa shape index (κ3) is 4.08. The normalized spacial score (nSPS) is 26.5. The maximum atomic E-state index is 6.13. The first-order chi connectivity index (χ1) is 9.00. The molecule has 0 bridgehead atoms. The summed E-state index contributed by atoms with van der Waals surface area (Å²) in [5.41, 5.74) is 1.58. The summed E-state index contributed by atoms with van der Waals surface area (Å²) in [5, 5.41) is 3.12. The van der Waals surface area contributed by atoms with E-state index >= 15 is 0 Å². The van der Waals surface area contributed by atoms with Crippen LogP contribution in [0.4, 0.5) is 0 Å². The monoisotopic (exact) mass is 265 g/mol. The van der Waals surface area contributed by atoms with Crippen LogP contribution in [-0.2, 0) is 17.9 Å². The van der Waals surface area contributed by atoms with E-state index in [9.17, 15) is 0 Å². The molecule has 0 radical (unpaired) electrons. The van der Waals surface area contributed by atoms with E-state index in [4.69, 9.17) is 9.15 Å². The minimum absolute atomic E-state index is 0.385. The van der Waals surface area contributed by atoms with Gasteiger partial charge < -0.3 is 14.5 Å². The van der Waals surface area contributed by atoms with Crippen LogP contribution < -0.4 is 5.32 Å². The van der Waals surface area contributed by atoms with E-state index in [0.717, 1.165) is 24.6 Å². The molecule has 1 heterocycles. The van der Waals surface area contributed by atoms with Crippen molar-refractivity contribution in [3.05, 3.63) is 23.7 Å². The molecule has 19 heavy (non-hydrogen) atoms. The fourth-order valence-corrected chi connectivity index (χ4v) is 3.40. The number of furan rings is 1. The van der Waals surface area contributed by atoms with E-state index in [1.54, 1.807) is 6.26 Å². The van der Waals surface area contributed by atoms with Crippen molar-refractivity contribution in [3.8, 4) is 0 Å². The lowest BCUT2D eigenvalue weighted by Crippen LogP contribution is -2.32. The van der Waals surface area contributed by atoms with Crippen molar-refractivity contribution in [3.63, 3.8) is 0 Å². The Hall–Kier alpha value is -0.800. The Balaban J connectivity index is 1.89. The van der Waals surface area contributed by atoms with Gasteiger partial charge in [-0.1, -0.05) is 20.8 Å². The maximum absolute atomic E-state index is 6.13. The van der Waals surface area contributed by atoms with Gasteiger partial charge >= 0.3 is 0 Å². The van der Waals surface area contributed by atoms with Crippen LogP contribution in [0.5, 0.6) is 0 Å². The summed E-state index contributed by atoms with van der Waals surface area (Å²) in [6.45, 7) is 8.47. The topological polar surface area (TPSA) is 34.4 Å². The van der Waals surface area contributed by atoms with Gasteiger partial charge in [-0.2, -0.15) is 0 Å². The van der Waals surface area contributed by atoms with Crippen molar-refractivity contribution >= 4 is 0 Å². The lowest BCUT2D eigenvalue weighted by molar-refractivity contribution is -0.0320. The van der Waals surface area contributed by atoms with Gasteiger partial charge in [0.15, 0.2) is 0 Å². The van der Waals surface area contributed by atoms with Crippen LogP contribution in [0.25, 0.3) is 0 Å². The van der Waals surface area contributed by atoms with Crippen molar-refractivity contribution in [1.29, 1.82) is 0 Å². The summed E-state index contributed by atoms with van der Waals surface area (Å²) in [7, 11) is 1.93.